The third-order valence-electron chi connectivity index (χ3n) is 3.88. The van der Waals surface area contributed by atoms with Crippen molar-refractivity contribution in [3.63, 3.8) is 0 Å². The van der Waals surface area contributed by atoms with Gasteiger partial charge in [-0.25, -0.2) is 0 Å². The topological polar surface area (TPSA) is 84.0 Å². The average Bonchev–Trinajstić information content (AvgIpc) is 3.16. The quantitative estimate of drug-likeness (QED) is 0.373. The van der Waals surface area contributed by atoms with Crippen molar-refractivity contribution in [1.29, 1.82) is 0 Å². The highest BCUT2D eigenvalue weighted by Crippen LogP contribution is 2.12. The number of nitrogens with one attached hydrogen (secondary N) is 3. The molecule has 25 heavy (non-hydrogen) atoms. The van der Waals surface area contributed by atoms with Gasteiger partial charge >= 0.3 is 0 Å². The molecule has 2 rings (SSSR count). The van der Waals surface area contributed by atoms with Crippen LogP contribution in [0.4, 0.5) is 0 Å². The summed E-state index contributed by atoms with van der Waals surface area (Å²) >= 11 is 0. The highest BCUT2D eigenvalue weighted by Gasteiger charge is 2.14. The fourth-order valence-electron chi connectivity index (χ4n) is 2.52. The Morgan fingerprint density at radius 2 is 2.00 bits per heavy atom. The lowest BCUT2D eigenvalue weighted by Crippen LogP contribution is -2.42. The Morgan fingerprint density at radius 3 is 2.64 bits per heavy atom. The lowest BCUT2D eigenvalue weighted by molar-refractivity contribution is 0.0954. The van der Waals surface area contributed by atoms with Crippen molar-refractivity contribution in [2.24, 2.45) is 4.99 Å². The monoisotopic (exact) mass is 348 g/mol. The van der Waals surface area contributed by atoms with Gasteiger partial charge in [-0.05, 0) is 44.0 Å². The van der Waals surface area contributed by atoms with Crippen LogP contribution in [-0.2, 0) is 4.74 Å². The number of carbonyl (C=O) groups excluding carboxylic acids is 1. The first-order valence-electron chi connectivity index (χ1n) is 8.79. The minimum Gasteiger partial charge on any atom is -0.497 e. The van der Waals surface area contributed by atoms with Crippen LogP contribution in [0.25, 0.3) is 0 Å². The van der Waals surface area contributed by atoms with E-state index in [0.717, 1.165) is 37.7 Å². The van der Waals surface area contributed by atoms with Gasteiger partial charge in [-0.1, -0.05) is 0 Å². The van der Waals surface area contributed by atoms with Crippen LogP contribution in [0.2, 0.25) is 0 Å². The number of rotatable bonds is 8. The number of hydrogen-bond donors (Lipinski definition) is 3. The van der Waals surface area contributed by atoms with E-state index in [4.69, 9.17) is 9.47 Å². The van der Waals surface area contributed by atoms with E-state index < -0.39 is 0 Å². The summed E-state index contributed by atoms with van der Waals surface area (Å²) < 4.78 is 10.7. The second kappa shape index (κ2) is 10.6. The molecule has 7 nitrogen and oxygen atoms in total. The first-order chi connectivity index (χ1) is 12.2. The van der Waals surface area contributed by atoms with Crippen LogP contribution in [0.3, 0.4) is 0 Å². The second-order valence-corrected chi connectivity index (χ2v) is 5.77. The molecule has 1 aromatic carbocycles. The van der Waals surface area contributed by atoms with Crippen molar-refractivity contribution in [2.75, 3.05) is 39.9 Å². The summed E-state index contributed by atoms with van der Waals surface area (Å²) in [4.78, 5) is 16.6. The van der Waals surface area contributed by atoms with Crippen LogP contribution in [0.1, 0.15) is 30.1 Å². The van der Waals surface area contributed by atoms with Gasteiger partial charge in [-0.15, -0.1) is 0 Å². The van der Waals surface area contributed by atoms with E-state index in [0.29, 0.717) is 25.2 Å². The number of nitrogens with zero attached hydrogens (tertiary/aromatic N) is 1. The molecule has 1 aromatic rings. The number of ether oxygens (including phenoxy) is 2. The van der Waals surface area contributed by atoms with Crippen molar-refractivity contribution < 1.29 is 14.3 Å². The molecule has 0 aromatic heterocycles. The van der Waals surface area contributed by atoms with Crippen LogP contribution in [0.5, 0.6) is 5.75 Å². The molecule has 1 unspecified atom stereocenters. The Balaban J connectivity index is 1.71. The van der Waals surface area contributed by atoms with E-state index in [9.17, 15) is 4.79 Å². The van der Waals surface area contributed by atoms with Crippen LogP contribution >= 0.6 is 0 Å². The average molecular weight is 348 g/mol. The Morgan fingerprint density at radius 1 is 1.24 bits per heavy atom. The van der Waals surface area contributed by atoms with Gasteiger partial charge in [-0.3, -0.25) is 9.79 Å². The molecule has 3 N–H and O–H groups in total. The molecular weight excluding hydrogens is 320 g/mol. The van der Waals surface area contributed by atoms with Gasteiger partial charge in [0.2, 0.25) is 0 Å². The van der Waals surface area contributed by atoms with Crippen LogP contribution in [-0.4, -0.2) is 57.9 Å². The summed E-state index contributed by atoms with van der Waals surface area (Å²) in [5, 5.41) is 9.30. The SMILES string of the molecule is CCNC(=NCC1CCCO1)NCCNC(=O)c1ccc(OC)cc1. The molecule has 0 aliphatic carbocycles. The number of hydrogen-bond acceptors (Lipinski definition) is 4. The number of aliphatic imine (C=N–C) groups is 1. The van der Waals surface area contributed by atoms with Crippen molar-refractivity contribution in [2.45, 2.75) is 25.9 Å². The summed E-state index contributed by atoms with van der Waals surface area (Å²) in [5.41, 5.74) is 0.611. The molecule has 0 radical (unpaired) electrons. The van der Waals surface area contributed by atoms with E-state index in [1.165, 1.54) is 0 Å². The fraction of sp³-hybridized carbons (Fsp3) is 0.556. The maximum Gasteiger partial charge on any atom is 0.251 e. The molecule has 1 saturated heterocycles. The second-order valence-electron chi connectivity index (χ2n) is 5.77. The van der Waals surface area contributed by atoms with Crippen LogP contribution < -0.4 is 20.7 Å². The van der Waals surface area contributed by atoms with Crippen LogP contribution in [0, 0.1) is 0 Å². The Labute approximate surface area is 149 Å². The molecule has 7 heteroatoms. The lowest BCUT2D eigenvalue weighted by Gasteiger charge is -2.13. The summed E-state index contributed by atoms with van der Waals surface area (Å²) in [7, 11) is 1.60. The normalized spacial score (nSPS) is 17.2. The van der Waals surface area contributed by atoms with Gasteiger partial charge < -0.3 is 25.4 Å². The molecule has 0 saturated carbocycles. The maximum absolute atomic E-state index is 12.1. The summed E-state index contributed by atoms with van der Waals surface area (Å²) in [6.45, 7) is 5.41. The highest BCUT2D eigenvalue weighted by atomic mass is 16.5. The maximum atomic E-state index is 12.1. The predicted molar refractivity (Wildman–Crippen MR) is 98.3 cm³/mol. The van der Waals surface area contributed by atoms with Crippen molar-refractivity contribution >= 4 is 11.9 Å². The molecule has 1 heterocycles. The fourth-order valence-corrected chi connectivity index (χ4v) is 2.52. The lowest BCUT2D eigenvalue weighted by atomic mass is 10.2. The zero-order valence-corrected chi connectivity index (χ0v) is 15.0. The van der Waals surface area contributed by atoms with Gasteiger partial charge in [0, 0.05) is 31.8 Å². The third kappa shape index (κ3) is 6.62. The number of benzene rings is 1. The largest absolute Gasteiger partial charge is 0.497 e. The Hall–Kier alpha value is -2.28. The molecule has 1 aliphatic heterocycles. The summed E-state index contributed by atoms with van der Waals surface area (Å²) in [6, 6.07) is 7.03. The molecule has 138 valence electrons. The van der Waals surface area contributed by atoms with E-state index >= 15 is 0 Å². The van der Waals surface area contributed by atoms with Gasteiger partial charge in [-0.2, -0.15) is 0 Å². The zero-order chi connectivity index (χ0) is 17.9. The smallest absolute Gasteiger partial charge is 0.251 e. The van der Waals surface area contributed by atoms with Gasteiger partial charge in [0.25, 0.3) is 5.91 Å². The predicted octanol–water partition coefficient (Wildman–Crippen LogP) is 1.16. The van der Waals surface area contributed by atoms with E-state index in [2.05, 4.69) is 20.9 Å². The summed E-state index contributed by atoms with van der Waals surface area (Å²) in [6.07, 6.45) is 2.41. The minimum atomic E-state index is -0.106. The molecule has 0 bridgehead atoms. The number of amides is 1. The Kier molecular flexibility index (Phi) is 8.04. The number of carbonyl (C=O) groups is 1. The number of guanidine groups is 1. The highest BCUT2D eigenvalue weighted by molar-refractivity contribution is 5.94. The van der Waals surface area contributed by atoms with Gasteiger partial charge in [0.1, 0.15) is 5.75 Å². The zero-order valence-electron chi connectivity index (χ0n) is 15.0. The Bertz CT molecular complexity index is 554. The molecule has 0 spiro atoms. The van der Waals surface area contributed by atoms with E-state index in [-0.39, 0.29) is 12.0 Å². The van der Waals surface area contributed by atoms with Gasteiger partial charge in [0.05, 0.1) is 19.8 Å². The first-order valence-corrected chi connectivity index (χ1v) is 8.79. The summed E-state index contributed by atoms with van der Waals surface area (Å²) in [5.74, 6) is 1.37. The van der Waals surface area contributed by atoms with Crippen molar-refractivity contribution in [3.8, 4) is 5.75 Å². The van der Waals surface area contributed by atoms with Gasteiger partial charge in [0.15, 0.2) is 5.96 Å². The van der Waals surface area contributed by atoms with E-state index in [1.54, 1.807) is 31.4 Å². The first kappa shape index (κ1) is 19.1. The molecule has 1 fully saturated rings. The number of methoxy groups -OCH3 is 1. The van der Waals surface area contributed by atoms with E-state index in [1.807, 2.05) is 6.92 Å². The third-order valence-corrected chi connectivity index (χ3v) is 3.88. The van der Waals surface area contributed by atoms with Crippen molar-refractivity contribution in [3.05, 3.63) is 29.8 Å². The molecular formula is C18H28N4O3. The van der Waals surface area contributed by atoms with Crippen molar-refractivity contribution in [1.82, 2.24) is 16.0 Å². The standard InChI is InChI=1S/C18H28N4O3/c1-3-19-18(22-13-16-5-4-12-25-16)21-11-10-20-17(23)14-6-8-15(24-2)9-7-14/h6-9,16H,3-5,10-13H2,1-2H3,(H,20,23)(H2,19,21,22). The van der Waals surface area contributed by atoms with Crippen LogP contribution in [0.15, 0.2) is 29.3 Å². The molecule has 1 aliphatic rings. The molecule has 1 amide bonds. The minimum absolute atomic E-state index is 0.106. The molecule has 1 atom stereocenters.